The molecule has 0 bridgehead atoms. The first-order valence-corrected chi connectivity index (χ1v) is 12.5. The van der Waals surface area contributed by atoms with Crippen LogP contribution in [0.2, 0.25) is 0 Å². The summed E-state index contributed by atoms with van der Waals surface area (Å²) >= 11 is 0. The fourth-order valence-electron chi connectivity index (χ4n) is 4.16. The number of oxazole rings is 1. The number of ether oxygens (including phenoxy) is 1. The number of unbranched alkanes of at least 4 members (excludes halogenated alkanes) is 3. The minimum absolute atomic E-state index is 0. The summed E-state index contributed by atoms with van der Waals surface area (Å²) in [5, 5.41) is 9.96. The molecule has 1 unspecified atom stereocenters. The maximum Gasteiger partial charge on any atom is 1.00 e. The molecule has 0 saturated carbocycles. The molecule has 36 heavy (non-hydrogen) atoms. The van der Waals surface area contributed by atoms with Gasteiger partial charge in [0.2, 0.25) is 11.8 Å². The van der Waals surface area contributed by atoms with E-state index in [0.29, 0.717) is 43.2 Å². The molecule has 8 heteroatoms. The maximum atomic E-state index is 12.7. The van der Waals surface area contributed by atoms with Crippen LogP contribution in [0.25, 0.3) is 6.08 Å². The molecule has 2 heterocycles. The molecule has 1 atom stereocenters. The zero-order chi connectivity index (χ0) is 25.2. The third kappa shape index (κ3) is 8.08. The number of benzene rings is 1. The number of hydrogen-bond acceptors (Lipinski definition) is 5. The molecule has 2 aromatic rings. The molecule has 3 rings (SSSR count). The molecule has 0 saturated heterocycles. The Hall–Kier alpha value is -2.35. The predicted molar refractivity (Wildman–Crippen MR) is 136 cm³/mol. The van der Waals surface area contributed by atoms with Crippen LogP contribution in [0.3, 0.4) is 0 Å². The molecule has 190 valence electrons. The Balaban J connectivity index is 0.00000342. The Morgan fingerprint density at radius 3 is 2.78 bits per heavy atom. The number of aromatic nitrogens is 1. The first-order valence-electron chi connectivity index (χ1n) is 12.5. The van der Waals surface area contributed by atoms with Crippen LogP contribution in [0, 0.1) is 6.92 Å². The molecule has 1 aliphatic rings. The third-order valence-corrected chi connectivity index (χ3v) is 6.08. The Morgan fingerprint density at radius 2 is 2.06 bits per heavy atom. The van der Waals surface area contributed by atoms with E-state index in [1.807, 2.05) is 37.3 Å². The van der Waals surface area contributed by atoms with Crippen molar-refractivity contribution in [3.05, 3.63) is 64.9 Å². The Labute approximate surface area is 237 Å². The van der Waals surface area contributed by atoms with E-state index in [-0.39, 0.29) is 36.9 Å². The molecule has 0 radical (unpaired) electrons. The molecule has 0 aliphatic carbocycles. The van der Waals surface area contributed by atoms with Crippen molar-refractivity contribution < 1.29 is 54.8 Å². The SMILES string of the molecule is CCCC=Cc1nc(CCOc2ccc3c(c2)C(C(=O)O)N(C(=O)C=CCCCC)CC3)c(C)o1.[H-].[Na+]. The summed E-state index contributed by atoms with van der Waals surface area (Å²) in [4.78, 5) is 30.9. The smallest absolute Gasteiger partial charge is 1.00 e. The number of rotatable bonds is 12. The van der Waals surface area contributed by atoms with E-state index in [1.54, 1.807) is 6.07 Å². The van der Waals surface area contributed by atoms with Gasteiger partial charge in [-0.1, -0.05) is 51.3 Å². The van der Waals surface area contributed by atoms with Gasteiger partial charge in [-0.05, 0) is 61.6 Å². The van der Waals surface area contributed by atoms with Crippen LogP contribution in [0.1, 0.15) is 81.9 Å². The van der Waals surface area contributed by atoms with Gasteiger partial charge in [-0.3, -0.25) is 4.79 Å². The van der Waals surface area contributed by atoms with Crippen molar-refractivity contribution in [2.24, 2.45) is 0 Å². The van der Waals surface area contributed by atoms with Crippen molar-refractivity contribution in [3.63, 3.8) is 0 Å². The number of aryl methyl sites for hydroxylation is 1. The molecule has 0 fully saturated rings. The average Bonchev–Trinajstić information content (AvgIpc) is 3.19. The zero-order valence-corrected chi connectivity index (χ0v) is 24.0. The standard InChI is InChI=1S/C28H36N2O5.Na.H/c1-4-6-8-10-12-26(31)30-17-15-21-13-14-22(19-23(21)27(30)28(32)33)34-18-16-24-20(3)35-25(29-24)11-9-7-5-2;;/h9-14,19,27H,4-8,15-18H2,1-3H3,(H,32,33);;/q;+1;-1. The molecule has 7 nitrogen and oxygen atoms in total. The van der Waals surface area contributed by atoms with E-state index in [4.69, 9.17) is 9.15 Å². The Morgan fingerprint density at radius 1 is 1.25 bits per heavy atom. The van der Waals surface area contributed by atoms with Crippen molar-refractivity contribution in [3.8, 4) is 5.75 Å². The Kier molecular flexibility index (Phi) is 12.5. The van der Waals surface area contributed by atoms with Gasteiger partial charge in [-0.25, -0.2) is 9.78 Å². The van der Waals surface area contributed by atoms with Gasteiger partial charge in [0.1, 0.15) is 11.5 Å². The molecule has 0 spiro atoms. The third-order valence-electron chi connectivity index (χ3n) is 6.08. The summed E-state index contributed by atoms with van der Waals surface area (Å²) in [7, 11) is 0. The number of carboxylic acids is 1. The summed E-state index contributed by atoms with van der Waals surface area (Å²) in [6, 6.07) is 4.48. The number of aliphatic carboxylic acids is 1. The quantitative estimate of drug-likeness (QED) is 0.272. The van der Waals surface area contributed by atoms with E-state index >= 15 is 0 Å². The number of fused-ring (bicyclic) bond motifs is 1. The van der Waals surface area contributed by atoms with E-state index in [2.05, 4.69) is 18.8 Å². The second-order valence-corrected chi connectivity index (χ2v) is 8.77. The number of hydrogen-bond donors (Lipinski definition) is 1. The average molecular weight is 505 g/mol. The van der Waals surface area contributed by atoms with Crippen molar-refractivity contribution in [1.82, 2.24) is 9.88 Å². The van der Waals surface area contributed by atoms with Gasteiger partial charge in [0.25, 0.3) is 0 Å². The fraction of sp³-hybridized carbons (Fsp3) is 0.464. The largest absolute Gasteiger partial charge is 1.00 e. The fourth-order valence-corrected chi connectivity index (χ4v) is 4.16. The number of carbonyl (C=O) groups is 2. The summed E-state index contributed by atoms with van der Waals surface area (Å²) in [5.41, 5.74) is 2.38. The molecule has 1 aromatic carbocycles. The summed E-state index contributed by atoms with van der Waals surface area (Å²) < 4.78 is 11.6. The molecular formula is C28H37N2NaO5. The number of carbonyl (C=O) groups excluding carboxylic acids is 1. The van der Waals surface area contributed by atoms with Crippen LogP contribution in [0.5, 0.6) is 5.75 Å². The van der Waals surface area contributed by atoms with Crippen LogP contribution in [0.4, 0.5) is 0 Å². The zero-order valence-electron chi connectivity index (χ0n) is 23.0. The molecular weight excluding hydrogens is 467 g/mol. The topological polar surface area (TPSA) is 92.9 Å². The van der Waals surface area contributed by atoms with E-state index in [0.717, 1.165) is 49.1 Å². The Bertz CT molecular complexity index is 1080. The van der Waals surface area contributed by atoms with Crippen LogP contribution >= 0.6 is 0 Å². The van der Waals surface area contributed by atoms with Crippen LogP contribution < -0.4 is 34.3 Å². The number of amides is 1. The normalized spacial score (nSPS) is 15.2. The minimum Gasteiger partial charge on any atom is -1.00 e. The van der Waals surface area contributed by atoms with Gasteiger partial charge in [0, 0.05) is 13.0 Å². The molecule has 1 aliphatic heterocycles. The van der Waals surface area contributed by atoms with Gasteiger partial charge in [0.15, 0.2) is 6.04 Å². The maximum absolute atomic E-state index is 12.7. The van der Waals surface area contributed by atoms with Crippen LogP contribution in [-0.4, -0.2) is 40.0 Å². The first-order chi connectivity index (χ1) is 16.9. The minimum atomic E-state index is -1.04. The first kappa shape index (κ1) is 29.9. The number of allylic oxidation sites excluding steroid dienone is 2. The van der Waals surface area contributed by atoms with Gasteiger partial charge in [0.05, 0.1) is 12.3 Å². The van der Waals surface area contributed by atoms with E-state index in [9.17, 15) is 14.7 Å². The monoisotopic (exact) mass is 504 g/mol. The second kappa shape index (κ2) is 15.0. The summed E-state index contributed by atoms with van der Waals surface area (Å²) in [5.74, 6) is 0.628. The van der Waals surface area contributed by atoms with Crippen LogP contribution in [0.15, 0.2) is 40.8 Å². The van der Waals surface area contributed by atoms with Gasteiger partial charge in [-0.15, -0.1) is 0 Å². The van der Waals surface area contributed by atoms with Crippen LogP contribution in [-0.2, 0) is 22.4 Å². The second-order valence-electron chi connectivity index (χ2n) is 8.77. The van der Waals surface area contributed by atoms with Crippen molar-refractivity contribution in [2.75, 3.05) is 13.2 Å². The van der Waals surface area contributed by atoms with E-state index < -0.39 is 12.0 Å². The van der Waals surface area contributed by atoms with Gasteiger partial charge >= 0.3 is 35.5 Å². The van der Waals surface area contributed by atoms with Gasteiger partial charge < -0.3 is 20.6 Å². The molecule has 1 aromatic heterocycles. The molecule has 1 N–H and O–H groups in total. The predicted octanol–water partition coefficient (Wildman–Crippen LogP) is 2.79. The summed E-state index contributed by atoms with van der Waals surface area (Å²) in [6.07, 6.45) is 13.4. The number of nitrogens with zero attached hydrogens (tertiary/aromatic N) is 2. The van der Waals surface area contributed by atoms with Crippen molar-refractivity contribution >= 4 is 18.0 Å². The van der Waals surface area contributed by atoms with Crippen molar-refractivity contribution in [2.45, 2.75) is 71.8 Å². The van der Waals surface area contributed by atoms with Crippen molar-refractivity contribution in [1.29, 1.82) is 0 Å². The number of carboxylic acid groups (broad SMARTS) is 1. The van der Waals surface area contributed by atoms with Gasteiger partial charge in [-0.2, -0.15) is 0 Å². The summed E-state index contributed by atoms with van der Waals surface area (Å²) in [6.45, 7) is 6.85. The van der Waals surface area contributed by atoms with E-state index in [1.165, 1.54) is 11.0 Å². The molecule has 1 amide bonds.